The van der Waals surface area contributed by atoms with E-state index in [0.717, 1.165) is 30.1 Å². The standard InChI is InChI=1S/C13H17ClN4OS/c1-8(6-7-15)2-5-11(19)16-12-9(14)3-4-10-13(12)18-20-17-10/h3-4,8H,2,5-7,15H2,1H3,(H,16,19). The number of anilines is 1. The minimum Gasteiger partial charge on any atom is -0.330 e. The number of carbonyl (C=O) groups excluding carboxylic acids is 1. The fourth-order valence-corrected chi connectivity index (χ4v) is 2.70. The average Bonchev–Trinajstić information content (AvgIpc) is 2.89. The minimum absolute atomic E-state index is 0.0590. The fourth-order valence-electron chi connectivity index (χ4n) is 1.95. The summed E-state index contributed by atoms with van der Waals surface area (Å²) < 4.78 is 8.31. The third-order valence-corrected chi connectivity index (χ3v) is 4.02. The van der Waals surface area contributed by atoms with E-state index < -0.39 is 0 Å². The summed E-state index contributed by atoms with van der Waals surface area (Å²) in [5, 5.41) is 3.32. The highest BCUT2D eigenvalue weighted by Gasteiger charge is 2.13. The second-order valence-electron chi connectivity index (χ2n) is 4.82. The Hall–Kier alpha value is -1.24. The summed E-state index contributed by atoms with van der Waals surface area (Å²) >= 11 is 7.23. The minimum atomic E-state index is -0.0590. The lowest BCUT2D eigenvalue weighted by Crippen LogP contribution is -2.14. The van der Waals surface area contributed by atoms with E-state index in [4.69, 9.17) is 17.3 Å². The monoisotopic (exact) mass is 312 g/mol. The summed E-state index contributed by atoms with van der Waals surface area (Å²) in [6.45, 7) is 2.75. The van der Waals surface area contributed by atoms with E-state index in [2.05, 4.69) is 21.0 Å². The Balaban J connectivity index is 2.02. The maximum atomic E-state index is 12.0. The van der Waals surface area contributed by atoms with Crippen LogP contribution in [-0.4, -0.2) is 21.2 Å². The zero-order valence-electron chi connectivity index (χ0n) is 11.2. The second kappa shape index (κ2) is 6.97. The third kappa shape index (κ3) is 3.65. The first-order valence-electron chi connectivity index (χ1n) is 6.52. The van der Waals surface area contributed by atoms with E-state index >= 15 is 0 Å². The van der Waals surface area contributed by atoms with Crippen molar-refractivity contribution in [3.8, 4) is 0 Å². The molecule has 0 aliphatic carbocycles. The van der Waals surface area contributed by atoms with Gasteiger partial charge in [-0.05, 0) is 37.4 Å². The summed E-state index contributed by atoms with van der Waals surface area (Å²) in [5.41, 5.74) is 7.43. The van der Waals surface area contributed by atoms with Crippen molar-refractivity contribution in [3.05, 3.63) is 17.2 Å². The van der Waals surface area contributed by atoms with E-state index in [9.17, 15) is 4.79 Å². The van der Waals surface area contributed by atoms with Crippen molar-refractivity contribution in [1.82, 2.24) is 8.75 Å². The summed E-state index contributed by atoms with van der Waals surface area (Å²) in [7, 11) is 0. The Labute approximate surface area is 126 Å². The highest BCUT2D eigenvalue weighted by molar-refractivity contribution is 7.00. The second-order valence-corrected chi connectivity index (χ2v) is 5.76. The Kier molecular flexibility index (Phi) is 5.28. The molecule has 1 atom stereocenters. The van der Waals surface area contributed by atoms with Crippen molar-refractivity contribution in [2.24, 2.45) is 11.7 Å². The topological polar surface area (TPSA) is 80.9 Å². The highest BCUT2D eigenvalue weighted by atomic mass is 35.5. The molecule has 0 saturated carbocycles. The van der Waals surface area contributed by atoms with E-state index in [-0.39, 0.29) is 5.91 Å². The molecule has 108 valence electrons. The molecule has 0 radical (unpaired) electrons. The molecule has 1 amide bonds. The van der Waals surface area contributed by atoms with Crippen molar-refractivity contribution >= 4 is 46.0 Å². The lowest BCUT2D eigenvalue weighted by molar-refractivity contribution is -0.116. The largest absolute Gasteiger partial charge is 0.330 e. The fraction of sp³-hybridized carbons (Fsp3) is 0.462. The molecule has 1 heterocycles. The van der Waals surface area contributed by atoms with Crippen LogP contribution >= 0.6 is 23.3 Å². The van der Waals surface area contributed by atoms with Gasteiger partial charge in [-0.3, -0.25) is 4.79 Å². The molecule has 3 N–H and O–H groups in total. The first-order chi connectivity index (χ1) is 9.61. The lowest BCUT2D eigenvalue weighted by atomic mass is 10.0. The number of nitrogens with two attached hydrogens (primary N) is 1. The van der Waals surface area contributed by atoms with Crippen LogP contribution in [0.15, 0.2) is 12.1 Å². The van der Waals surface area contributed by atoms with Gasteiger partial charge in [0.1, 0.15) is 11.0 Å². The number of halogens is 1. The van der Waals surface area contributed by atoms with Crippen molar-refractivity contribution in [2.75, 3.05) is 11.9 Å². The first kappa shape index (κ1) is 15.2. The van der Waals surface area contributed by atoms with Gasteiger partial charge in [-0.2, -0.15) is 8.75 Å². The van der Waals surface area contributed by atoms with E-state index in [0.29, 0.717) is 35.1 Å². The number of hydrogen-bond acceptors (Lipinski definition) is 5. The Morgan fingerprint density at radius 2 is 2.25 bits per heavy atom. The summed E-state index contributed by atoms with van der Waals surface area (Å²) in [4.78, 5) is 12.0. The van der Waals surface area contributed by atoms with E-state index in [1.54, 1.807) is 12.1 Å². The molecule has 2 aromatic rings. The maximum absolute atomic E-state index is 12.0. The molecule has 2 rings (SSSR count). The zero-order chi connectivity index (χ0) is 14.5. The number of rotatable bonds is 6. The molecule has 0 bridgehead atoms. The zero-order valence-corrected chi connectivity index (χ0v) is 12.8. The van der Waals surface area contributed by atoms with Gasteiger partial charge in [0, 0.05) is 6.42 Å². The van der Waals surface area contributed by atoms with Gasteiger partial charge in [0.15, 0.2) is 0 Å². The van der Waals surface area contributed by atoms with Crippen molar-refractivity contribution in [1.29, 1.82) is 0 Å². The molecule has 20 heavy (non-hydrogen) atoms. The van der Waals surface area contributed by atoms with Gasteiger partial charge in [0.2, 0.25) is 5.91 Å². The van der Waals surface area contributed by atoms with Crippen LogP contribution in [-0.2, 0) is 4.79 Å². The van der Waals surface area contributed by atoms with Gasteiger partial charge in [-0.25, -0.2) is 0 Å². The smallest absolute Gasteiger partial charge is 0.224 e. The molecule has 0 fully saturated rings. The normalized spacial score (nSPS) is 12.6. The van der Waals surface area contributed by atoms with Crippen molar-refractivity contribution < 1.29 is 4.79 Å². The average molecular weight is 313 g/mol. The Morgan fingerprint density at radius 1 is 1.45 bits per heavy atom. The Bertz CT molecular complexity index is 601. The molecule has 0 saturated heterocycles. The third-order valence-electron chi connectivity index (χ3n) is 3.17. The van der Waals surface area contributed by atoms with Crippen LogP contribution < -0.4 is 11.1 Å². The molecule has 5 nitrogen and oxygen atoms in total. The molecule has 7 heteroatoms. The van der Waals surface area contributed by atoms with Crippen LogP contribution in [0, 0.1) is 5.92 Å². The predicted octanol–water partition coefficient (Wildman–Crippen LogP) is 3.05. The summed E-state index contributed by atoms with van der Waals surface area (Å²) in [5.74, 6) is 0.384. The SMILES string of the molecule is CC(CCN)CCC(=O)Nc1c(Cl)ccc2nsnc12. The van der Waals surface area contributed by atoms with Gasteiger partial charge in [0.25, 0.3) is 0 Å². The van der Waals surface area contributed by atoms with Gasteiger partial charge in [-0.1, -0.05) is 18.5 Å². The van der Waals surface area contributed by atoms with Crippen LogP contribution in [0.2, 0.25) is 5.02 Å². The molecule has 0 spiro atoms. The molecule has 1 unspecified atom stereocenters. The quantitative estimate of drug-likeness (QED) is 0.859. The van der Waals surface area contributed by atoms with Crippen LogP contribution in [0.1, 0.15) is 26.2 Å². The van der Waals surface area contributed by atoms with E-state index in [1.165, 1.54) is 0 Å². The molecule has 1 aromatic carbocycles. The van der Waals surface area contributed by atoms with Crippen LogP contribution in [0.4, 0.5) is 5.69 Å². The maximum Gasteiger partial charge on any atom is 0.224 e. The number of hydrogen-bond donors (Lipinski definition) is 2. The first-order valence-corrected chi connectivity index (χ1v) is 7.63. The summed E-state index contributed by atoms with van der Waals surface area (Å²) in [6, 6.07) is 3.51. The van der Waals surface area contributed by atoms with Crippen molar-refractivity contribution in [2.45, 2.75) is 26.2 Å². The van der Waals surface area contributed by atoms with Gasteiger partial charge in [-0.15, -0.1) is 0 Å². The molecule has 0 aliphatic rings. The number of benzene rings is 1. The number of aromatic nitrogens is 2. The molecular formula is C13H17ClN4OS. The van der Waals surface area contributed by atoms with E-state index in [1.807, 2.05) is 0 Å². The molecule has 0 aliphatic heterocycles. The molecular weight excluding hydrogens is 296 g/mol. The van der Waals surface area contributed by atoms with Gasteiger partial charge >= 0.3 is 0 Å². The lowest BCUT2D eigenvalue weighted by Gasteiger charge is -2.11. The number of nitrogens with zero attached hydrogens (tertiary/aromatic N) is 2. The van der Waals surface area contributed by atoms with Gasteiger partial charge in [0.05, 0.1) is 22.4 Å². The van der Waals surface area contributed by atoms with Crippen LogP contribution in [0.25, 0.3) is 11.0 Å². The number of fused-ring (bicyclic) bond motifs is 1. The van der Waals surface area contributed by atoms with Crippen LogP contribution in [0.5, 0.6) is 0 Å². The summed E-state index contributed by atoms with van der Waals surface area (Å²) in [6.07, 6.45) is 2.19. The number of nitrogens with one attached hydrogen (secondary N) is 1. The molecule has 1 aromatic heterocycles. The van der Waals surface area contributed by atoms with Gasteiger partial charge < -0.3 is 11.1 Å². The predicted molar refractivity (Wildman–Crippen MR) is 83.1 cm³/mol. The number of carbonyl (C=O) groups is 1. The van der Waals surface area contributed by atoms with Crippen molar-refractivity contribution in [3.63, 3.8) is 0 Å². The highest BCUT2D eigenvalue weighted by Crippen LogP contribution is 2.30. The van der Waals surface area contributed by atoms with Crippen LogP contribution in [0.3, 0.4) is 0 Å². The Morgan fingerprint density at radius 3 is 3.00 bits per heavy atom. The number of amides is 1.